The Morgan fingerprint density at radius 3 is 2.29 bits per heavy atom. The molecular formula is C15H13BrN2O3. The van der Waals surface area contributed by atoms with E-state index in [1.54, 1.807) is 48.5 Å². The first-order valence-electron chi connectivity index (χ1n) is 6.12. The van der Waals surface area contributed by atoms with Crippen LogP contribution in [0.25, 0.3) is 0 Å². The number of halogens is 1. The number of nitrogen functional groups attached to an aromatic ring is 1. The Balaban J connectivity index is 1.84. The van der Waals surface area contributed by atoms with Crippen LogP contribution in [0.5, 0.6) is 0 Å². The third kappa shape index (κ3) is 4.61. The molecule has 2 rings (SSSR count). The molecule has 0 bridgehead atoms. The zero-order valence-corrected chi connectivity index (χ0v) is 12.6. The molecule has 0 spiro atoms. The predicted molar refractivity (Wildman–Crippen MR) is 83.9 cm³/mol. The number of benzene rings is 2. The summed E-state index contributed by atoms with van der Waals surface area (Å²) in [5.41, 5.74) is 7.06. The van der Waals surface area contributed by atoms with Gasteiger partial charge in [0.15, 0.2) is 6.61 Å². The maximum Gasteiger partial charge on any atom is 0.338 e. The fourth-order valence-electron chi connectivity index (χ4n) is 1.56. The lowest BCUT2D eigenvalue weighted by atomic mass is 10.2. The number of ether oxygens (including phenoxy) is 1. The largest absolute Gasteiger partial charge is 0.452 e. The average Bonchev–Trinajstić information content (AvgIpc) is 2.48. The molecule has 2 aromatic rings. The third-order valence-corrected chi connectivity index (χ3v) is 3.14. The molecule has 2 aromatic carbocycles. The Bertz CT molecular complexity index is 639. The van der Waals surface area contributed by atoms with E-state index in [4.69, 9.17) is 10.5 Å². The number of nitrogens with two attached hydrogens (primary N) is 1. The van der Waals surface area contributed by atoms with Crippen molar-refractivity contribution in [3.05, 3.63) is 58.6 Å². The number of amides is 1. The van der Waals surface area contributed by atoms with Crippen LogP contribution >= 0.6 is 15.9 Å². The fourth-order valence-corrected chi connectivity index (χ4v) is 1.83. The number of carbonyl (C=O) groups excluding carboxylic acids is 2. The summed E-state index contributed by atoms with van der Waals surface area (Å²) < 4.78 is 5.84. The number of anilines is 2. The summed E-state index contributed by atoms with van der Waals surface area (Å²) in [5.74, 6) is -0.970. The van der Waals surface area contributed by atoms with E-state index in [0.29, 0.717) is 16.9 Å². The Kier molecular flexibility index (Phi) is 4.94. The molecule has 0 aromatic heterocycles. The van der Waals surface area contributed by atoms with Gasteiger partial charge in [0.25, 0.3) is 5.91 Å². The van der Waals surface area contributed by atoms with Gasteiger partial charge in [-0.3, -0.25) is 4.79 Å². The number of hydrogen-bond donors (Lipinski definition) is 2. The van der Waals surface area contributed by atoms with E-state index >= 15 is 0 Å². The Hall–Kier alpha value is -2.34. The molecule has 21 heavy (non-hydrogen) atoms. The Morgan fingerprint density at radius 1 is 1.05 bits per heavy atom. The fraction of sp³-hybridized carbons (Fsp3) is 0.0667. The number of nitrogens with one attached hydrogen (secondary N) is 1. The molecule has 5 nitrogen and oxygen atoms in total. The van der Waals surface area contributed by atoms with Gasteiger partial charge in [-0.1, -0.05) is 15.9 Å². The summed E-state index contributed by atoms with van der Waals surface area (Å²) in [6.45, 7) is -0.348. The molecule has 0 saturated carbocycles. The first-order valence-corrected chi connectivity index (χ1v) is 6.92. The van der Waals surface area contributed by atoms with Crippen LogP contribution in [0.1, 0.15) is 10.4 Å². The third-order valence-electron chi connectivity index (χ3n) is 2.61. The highest BCUT2D eigenvalue weighted by Crippen LogP contribution is 2.14. The lowest BCUT2D eigenvalue weighted by molar-refractivity contribution is -0.119. The van der Waals surface area contributed by atoms with Crippen LogP contribution in [0.2, 0.25) is 0 Å². The number of hydrogen-bond acceptors (Lipinski definition) is 4. The monoisotopic (exact) mass is 348 g/mol. The Morgan fingerprint density at radius 2 is 1.67 bits per heavy atom. The van der Waals surface area contributed by atoms with Gasteiger partial charge in [-0.25, -0.2) is 4.79 Å². The van der Waals surface area contributed by atoms with Crippen molar-refractivity contribution in [1.82, 2.24) is 0 Å². The molecule has 0 aliphatic carbocycles. The molecule has 1 amide bonds. The highest BCUT2D eigenvalue weighted by molar-refractivity contribution is 9.10. The van der Waals surface area contributed by atoms with Crippen LogP contribution < -0.4 is 11.1 Å². The quantitative estimate of drug-likeness (QED) is 0.657. The van der Waals surface area contributed by atoms with Gasteiger partial charge in [-0.15, -0.1) is 0 Å². The van der Waals surface area contributed by atoms with Crippen molar-refractivity contribution < 1.29 is 14.3 Å². The average molecular weight is 349 g/mol. The summed E-state index contributed by atoms with van der Waals surface area (Å²) in [7, 11) is 0. The van der Waals surface area contributed by atoms with Crippen LogP contribution in [0.15, 0.2) is 53.0 Å². The van der Waals surface area contributed by atoms with E-state index in [1.807, 2.05) is 0 Å². The highest BCUT2D eigenvalue weighted by atomic mass is 79.9. The molecule has 0 aliphatic heterocycles. The molecule has 0 unspecified atom stereocenters. The second-order valence-electron chi connectivity index (χ2n) is 4.25. The van der Waals surface area contributed by atoms with Crippen LogP contribution in [0, 0.1) is 0 Å². The minimum atomic E-state index is -0.569. The van der Waals surface area contributed by atoms with E-state index in [2.05, 4.69) is 21.2 Å². The first-order chi connectivity index (χ1) is 10.0. The van der Waals surface area contributed by atoms with E-state index in [0.717, 1.165) is 4.47 Å². The van der Waals surface area contributed by atoms with Gasteiger partial charge in [-0.05, 0) is 48.5 Å². The van der Waals surface area contributed by atoms with Crippen molar-refractivity contribution in [1.29, 1.82) is 0 Å². The van der Waals surface area contributed by atoms with Gasteiger partial charge in [-0.2, -0.15) is 0 Å². The van der Waals surface area contributed by atoms with Gasteiger partial charge in [0.05, 0.1) is 5.56 Å². The Labute approximate surface area is 130 Å². The molecule has 0 atom stereocenters. The zero-order chi connectivity index (χ0) is 15.2. The normalized spacial score (nSPS) is 9.95. The lowest BCUT2D eigenvalue weighted by Gasteiger charge is -2.07. The van der Waals surface area contributed by atoms with Crippen LogP contribution in [-0.4, -0.2) is 18.5 Å². The summed E-state index contributed by atoms with van der Waals surface area (Å²) >= 11 is 3.30. The highest BCUT2D eigenvalue weighted by Gasteiger charge is 2.10. The van der Waals surface area contributed by atoms with Crippen molar-refractivity contribution >= 4 is 39.2 Å². The maximum atomic E-state index is 11.7. The summed E-state index contributed by atoms with van der Waals surface area (Å²) in [6, 6.07) is 13.4. The second-order valence-corrected chi connectivity index (χ2v) is 5.17. The topological polar surface area (TPSA) is 81.4 Å². The van der Waals surface area contributed by atoms with Crippen LogP contribution in [0.3, 0.4) is 0 Å². The number of carbonyl (C=O) groups is 2. The van der Waals surface area contributed by atoms with Crippen molar-refractivity contribution in [3.63, 3.8) is 0 Å². The molecule has 0 radical (unpaired) electrons. The van der Waals surface area contributed by atoms with E-state index in [9.17, 15) is 9.59 Å². The van der Waals surface area contributed by atoms with Gasteiger partial charge in [0.2, 0.25) is 0 Å². The summed E-state index contributed by atoms with van der Waals surface area (Å²) in [4.78, 5) is 23.4. The number of esters is 1. The zero-order valence-electron chi connectivity index (χ0n) is 11.0. The van der Waals surface area contributed by atoms with Gasteiger partial charge in [0, 0.05) is 15.8 Å². The lowest BCUT2D eigenvalue weighted by Crippen LogP contribution is -2.20. The molecule has 0 saturated heterocycles. The summed E-state index contributed by atoms with van der Waals surface area (Å²) in [5, 5.41) is 2.63. The molecule has 3 N–H and O–H groups in total. The number of rotatable bonds is 4. The standard InChI is InChI=1S/C15H13BrN2O3/c16-11-3-7-13(8-4-11)18-14(19)9-21-15(20)10-1-5-12(17)6-2-10/h1-8H,9,17H2,(H,18,19). The van der Waals surface area contributed by atoms with Crippen molar-refractivity contribution in [2.24, 2.45) is 0 Å². The van der Waals surface area contributed by atoms with Crippen molar-refractivity contribution in [3.8, 4) is 0 Å². The van der Waals surface area contributed by atoms with Crippen molar-refractivity contribution in [2.45, 2.75) is 0 Å². The molecule has 0 aliphatic rings. The van der Waals surface area contributed by atoms with E-state index < -0.39 is 11.9 Å². The molecule has 0 fully saturated rings. The van der Waals surface area contributed by atoms with Gasteiger partial charge < -0.3 is 15.8 Å². The second kappa shape index (κ2) is 6.90. The van der Waals surface area contributed by atoms with Gasteiger partial charge in [0.1, 0.15) is 0 Å². The molecular weight excluding hydrogens is 336 g/mol. The van der Waals surface area contributed by atoms with Crippen LogP contribution in [0.4, 0.5) is 11.4 Å². The first kappa shape index (κ1) is 15.1. The summed E-state index contributed by atoms with van der Waals surface area (Å²) in [6.07, 6.45) is 0. The maximum absolute atomic E-state index is 11.7. The predicted octanol–water partition coefficient (Wildman–Crippen LogP) is 2.83. The van der Waals surface area contributed by atoms with E-state index in [-0.39, 0.29) is 6.61 Å². The van der Waals surface area contributed by atoms with Gasteiger partial charge >= 0.3 is 5.97 Å². The van der Waals surface area contributed by atoms with Crippen molar-refractivity contribution in [2.75, 3.05) is 17.7 Å². The smallest absolute Gasteiger partial charge is 0.338 e. The van der Waals surface area contributed by atoms with Crippen LogP contribution in [-0.2, 0) is 9.53 Å². The minimum Gasteiger partial charge on any atom is -0.452 e. The molecule has 0 heterocycles. The molecule has 6 heteroatoms. The SMILES string of the molecule is Nc1ccc(C(=O)OCC(=O)Nc2ccc(Br)cc2)cc1. The van der Waals surface area contributed by atoms with E-state index in [1.165, 1.54) is 0 Å². The minimum absolute atomic E-state index is 0.348. The molecule has 108 valence electrons.